The van der Waals surface area contributed by atoms with E-state index in [0.29, 0.717) is 24.4 Å². The lowest BCUT2D eigenvalue weighted by atomic mass is 10.1. The number of anilines is 1. The maximum Gasteiger partial charge on any atom is 0.255 e. The molecule has 4 rings (SSSR count). The Bertz CT molecular complexity index is 918. The summed E-state index contributed by atoms with van der Waals surface area (Å²) in [6.07, 6.45) is 6.77. The van der Waals surface area contributed by atoms with Crippen LogP contribution in [-0.2, 0) is 13.1 Å². The van der Waals surface area contributed by atoms with E-state index in [4.69, 9.17) is 4.74 Å². The molecule has 0 aliphatic carbocycles. The predicted octanol–water partition coefficient (Wildman–Crippen LogP) is 2.52. The van der Waals surface area contributed by atoms with Crippen LogP contribution < -0.4 is 10.1 Å². The fourth-order valence-electron chi connectivity index (χ4n) is 2.95. The minimum Gasteiger partial charge on any atom is -0.492 e. The molecule has 1 aliphatic heterocycles. The fraction of sp³-hybridized carbons (Fsp3) is 0.200. The molecule has 27 heavy (non-hydrogen) atoms. The Kier molecular flexibility index (Phi) is 5.02. The summed E-state index contributed by atoms with van der Waals surface area (Å²) in [5, 5.41) is 2.84. The molecule has 3 aromatic rings. The Labute approximate surface area is 157 Å². The van der Waals surface area contributed by atoms with Crippen LogP contribution in [0.25, 0.3) is 0 Å². The van der Waals surface area contributed by atoms with Gasteiger partial charge in [0.2, 0.25) is 0 Å². The quantitative estimate of drug-likeness (QED) is 0.769. The number of hydrogen-bond acceptors (Lipinski definition) is 6. The van der Waals surface area contributed by atoms with Crippen molar-refractivity contribution in [1.29, 1.82) is 0 Å². The molecule has 0 saturated carbocycles. The molecule has 7 nitrogen and oxygen atoms in total. The van der Waals surface area contributed by atoms with Crippen molar-refractivity contribution in [3.63, 3.8) is 0 Å². The summed E-state index contributed by atoms with van der Waals surface area (Å²) in [6, 6.07) is 10.9. The Balaban J connectivity index is 1.47. The zero-order chi connectivity index (χ0) is 18.5. The molecule has 7 heteroatoms. The lowest BCUT2D eigenvalue weighted by Gasteiger charge is -2.18. The lowest BCUT2D eigenvalue weighted by molar-refractivity contribution is 0.102. The van der Waals surface area contributed by atoms with Crippen LogP contribution in [0.1, 0.15) is 21.7 Å². The minimum atomic E-state index is -0.187. The Morgan fingerprint density at radius 2 is 2.04 bits per heavy atom. The molecule has 0 bridgehead atoms. The molecule has 3 heterocycles. The van der Waals surface area contributed by atoms with E-state index < -0.39 is 0 Å². The van der Waals surface area contributed by atoms with Crippen molar-refractivity contribution >= 4 is 11.6 Å². The zero-order valence-electron chi connectivity index (χ0n) is 14.7. The van der Waals surface area contributed by atoms with Gasteiger partial charge in [0.05, 0.1) is 18.4 Å². The van der Waals surface area contributed by atoms with E-state index in [-0.39, 0.29) is 5.91 Å². The number of rotatable bonds is 4. The predicted molar refractivity (Wildman–Crippen MR) is 100 cm³/mol. The molecule has 2 aromatic heterocycles. The van der Waals surface area contributed by atoms with Crippen LogP contribution in [0, 0.1) is 0 Å². The number of carbonyl (C=O) groups is 1. The van der Waals surface area contributed by atoms with E-state index in [0.717, 1.165) is 30.2 Å². The molecule has 1 aromatic carbocycles. The van der Waals surface area contributed by atoms with Gasteiger partial charge in [0.25, 0.3) is 5.91 Å². The highest BCUT2D eigenvalue weighted by Crippen LogP contribution is 2.25. The van der Waals surface area contributed by atoms with Gasteiger partial charge in [0.15, 0.2) is 0 Å². The SMILES string of the molecule is O=C(Nc1cccnc1)c1ccc2c(c1)OCCN(Cc1ncccn1)C2. The monoisotopic (exact) mass is 361 g/mol. The van der Waals surface area contributed by atoms with Crippen molar-refractivity contribution in [2.24, 2.45) is 0 Å². The summed E-state index contributed by atoms with van der Waals surface area (Å²) in [5.74, 6) is 1.34. The summed E-state index contributed by atoms with van der Waals surface area (Å²) in [5.41, 5.74) is 2.26. The topological polar surface area (TPSA) is 80.2 Å². The van der Waals surface area contributed by atoms with Gasteiger partial charge in [0, 0.05) is 42.8 Å². The number of pyridine rings is 1. The molecule has 1 amide bonds. The average Bonchev–Trinajstić information content (AvgIpc) is 2.90. The number of hydrogen-bond donors (Lipinski definition) is 1. The second-order valence-electron chi connectivity index (χ2n) is 6.24. The van der Waals surface area contributed by atoms with Crippen LogP contribution in [0.3, 0.4) is 0 Å². The van der Waals surface area contributed by atoms with E-state index in [1.54, 1.807) is 43.0 Å². The highest BCUT2D eigenvalue weighted by atomic mass is 16.5. The molecule has 0 atom stereocenters. The number of ether oxygens (including phenoxy) is 1. The molecule has 136 valence electrons. The third-order valence-corrected chi connectivity index (χ3v) is 4.29. The molecule has 1 aliphatic rings. The van der Waals surface area contributed by atoms with Crippen molar-refractivity contribution in [3.8, 4) is 5.75 Å². The highest BCUT2D eigenvalue weighted by Gasteiger charge is 2.18. The third-order valence-electron chi connectivity index (χ3n) is 4.29. The van der Waals surface area contributed by atoms with Crippen molar-refractivity contribution in [2.45, 2.75) is 13.1 Å². The molecule has 0 saturated heterocycles. The molecule has 0 fully saturated rings. The van der Waals surface area contributed by atoms with Gasteiger partial charge in [-0.05, 0) is 30.3 Å². The average molecular weight is 361 g/mol. The van der Waals surface area contributed by atoms with Gasteiger partial charge in [-0.1, -0.05) is 6.07 Å². The number of nitrogens with zero attached hydrogens (tertiary/aromatic N) is 4. The Morgan fingerprint density at radius 1 is 1.15 bits per heavy atom. The fourth-order valence-corrected chi connectivity index (χ4v) is 2.95. The highest BCUT2D eigenvalue weighted by molar-refractivity contribution is 6.04. The molecule has 0 radical (unpaired) electrons. The smallest absolute Gasteiger partial charge is 0.255 e. The first kappa shape index (κ1) is 17.1. The number of aromatic nitrogens is 3. The van der Waals surface area contributed by atoms with Crippen LogP contribution in [0.2, 0.25) is 0 Å². The second-order valence-corrected chi connectivity index (χ2v) is 6.24. The van der Waals surface area contributed by atoms with Crippen molar-refractivity contribution in [1.82, 2.24) is 19.9 Å². The lowest BCUT2D eigenvalue weighted by Crippen LogP contribution is -2.26. The van der Waals surface area contributed by atoms with E-state index in [1.807, 2.05) is 18.2 Å². The number of amides is 1. The molecule has 0 unspecified atom stereocenters. The summed E-state index contributed by atoms with van der Waals surface area (Å²) >= 11 is 0. The first-order valence-electron chi connectivity index (χ1n) is 8.73. The Morgan fingerprint density at radius 3 is 2.85 bits per heavy atom. The van der Waals surface area contributed by atoms with Gasteiger partial charge < -0.3 is 10.1 Å². The summed E-state index contributed by atoms with van der Waals surface area (Å²) in [4.78, 5) is 27.3. The normalized spacial score (nSPS) is 13.9. The maximum absolute atomic E-state index is 12.5. The molecule has 1 N–H and O–H groups in total. The number of nitrogens with one attached hydrogen (secondary N) is 1. The van der Waals surface area contributed by atoms with Gasteiger partial charge in [-0.15, -0.1) is 0 Å². The largest absolute Gasteiger partial charge is 0.492 e. The van der Waals surface area contributed by atoms with Crippen LogP contribution in [-0.4, -0.2) is 38.9 Å². The number of carbonyl (C=O) groups excluding carboxylic acids is 1. The number of benzene rings is 1. The Hall–Kier alpha value is -3.32. The van der Waals surface area contributed by atoms with Crippen molar-refractivity contribution in [3.05, 3.63) is 78.1 Å². The summed E-state index contributed by atoms with van der Waals surface area (Å²) in [6.45, 7) is 2.70. The molecule has 0 spiro atoms. The van der Waals surface area contributed by atoms with Crippen molar-refractivity contribution < 1.29 is 9.53 Å². The zero-order valence-corrected chi connectivity index (χ0v) is 14.7. The standard InChI is InChI=1S/C20H19N5O2/c26-20(24-17-3-1-6-21-12-17)15-4-5-16-13-25(9-10-27-18(16)11-15)14-19-22-7-2-8-23-19/h1-8,11-12H,9-10,13-14H2,(H,24,26). The second kappa shape index (κ2) is 7.92. The molecular weight excluding hydrogens is 342 g/mol. The third kappa shape index (κ3) is 4.27. The van der Waals surface area contributed by atoms with Crippen LogP contribution >= 0.6 is 0 Å². The van der Waals surface area contributed by atoms with Gasteiger partial charge in [-0.3, -0.25) is 14.7 Å². The van der Waals surface area contributed by atoms with Gasteiger partial charge in [-0.25, -0.2) is 9.97 Å². The van der Waals surface area contributed by atoms with Crippen LogP contribution in [0.5, 0.6) is 5.75 Å². The van der Waals surface area contributed by atoms with Gasteiger partial charge in [0.1, 0.15) is 18.2 Å². The van der Waals surface area contributed by atoms with E-state index in [9.17, 15) is 4.79 Å². The molecular formula is C20H19N5O2. The van der Waals surface area contributed by atoms with Crippen LogP contribution in [0.15, 0.2) is 61.2 Å². The van der Waals surface area contributed by atoms with Crippen LogP contribution in [0.4, 0.5) is 5.69 Å². The summed E-state index contributed by atoms with van der Waals surface area (Å²) < 4.78 is 5.88. The first-order valence-corrected chi connectivity index (χ1v) is 8.73. The number of fused-ring (bicyclic) bond motifs is 1. The first-order chi connectivity index (χ1) is 13.3. The van der Waals surface area contributed by atoms with E-state index >= 15 is 0 Å². The van der Waals surface area contributed by atoms with Crippen molar-refractivity contribution in [2.75, 3.05) is 18.5 Å². The maximum atomic E-state index is 12.5. The summed E-state index contributed by atoms with van der Waals surface area (Å²) in [7, 11) is 0. The van der Waals surface area contributed by atoms with Gasteiger partial charge in [-0.2, -0.15) is 0 Å². The van der Waals surface area contributed by atoms with Gasteiger partial charge >= 0.3 is 0 Å². The van der Waals surface area contributed by atoms with E-state index in [2.05, 4.69) is 25.2 Å². The van der Waals surface area contributed by atoms with E-state index in [1.165, 1.54) is 0 Å². The minimum absolute atomic E-state index is 0.187.